The van der Waals surface area contributed by atoms with Crippen LogP contribution in [0.25, 0.3) is 0 Å². The highest BCUT2D eigenvalue weighted by Crippen LogP contribution is 2.31. The van der Waals surface area contributed by atoms with Gasteiger partial charge in [-0.3, -0.25) is 0 Å². The molecule has 2 unspecified atom stereocenters. The fourth-order valence-electron chi connectivity index (χ4n) is 1.56. The molecule has 0 heterocycles. The molecule has 0 spiro atoms. The van der Waals surface area contributed by atoms with Crippen LogP contribution in [0.2, 0.25) is 0 Å². The average molecular weight is 221 g/mol. The van der Waals surface area contributed by atoms with Gasteiger partial charge in [-0.1, -0.05) is 29.3 Å². The van der Waals surface area contributed by atoms with E-state index in [4.69, 9.17) is 4.74 Å². The quantitative estimate of drug-likeness (QED) is 0.523. The summed E-state index contributed by atoms with van der Waals surface area (Å²) in [6.45, 7) is 4.04. The normalized spacial score (nSPS) is 31.1. The molecule has 1 aliphatic rings. The van der Waals surface area contributed by atoms with Gasteiger partial charge < -0.3 is 4.74 Å². The molecular formula is C9H17BrO. The molecule has 1 nitrogen and oxygen atoms in total. The van der Waals surface area contributed by atoms with Gasteiger partial charge in [-0.2, -0.15) is 0 Å². The third kappa shape index (κ3) is 3.12. The number of rotatable bonds is 4. The summed E-state index contributed by atoms with van der Waals surface area (Å²) in [7, 11) is 0. The molecule has 0 amide bonds. The van der Waals surface area contributed by atoms with Gasteiger partial charge in [0.25, 0.3) is 0 Å². The van der Waals surface area contributed by atoms with Crippen molar-refractivity contribution in [3.63, 3.8) is 0 Å². The van der Waals surface area contributed by atoms with E-state index in [-0.39, 0.29) is 0 Å². The molecule has 2 atom stereocenters. The van der Waals surface area contributed by atoms with Crippen LogP contribution in [-0.2, 0) is 4.74 Å². The summed E-state index contributed by atoms with van der Waals surface area (Å²) in [5.41, 5.74) is 0. The van der Waals surface area contributed by atoms with Crippen molar-refractivity contribution in [2.75, 3.05) is 13.2 Å². The highest BCUT2D eigenvalue weighted by atomic mass is 79.9. The maximum absolute atomic E-state index is 5.51. The molecule has 0 aromatic rings. The Morgan fingerprint density at radius 3 is 2.82 bits per heavy atom. The van der Waals surface area contributed by atoms with E-state index in [0.29, 0.717) is 0 Å². The zero-order valence-corrected chi connectivity index (χ0v) is 8.77. The van der Waals surface area contributed by atoms with E-state index in [0.717, 1.165) is 30.4 Å². The van der Waals surface area contributed by atoms with Gasteiger partial charge in [0, 0.05) is 11.4 Å². The van der Waals surface area contributed by atoms with Crippen LogP contribution in [0.1, 0.15) is 32.6 Å². The van der Waals surface area contributed by atoms with Crippen molar-refractivity contribution in [2.45, 2.75) is 37.4 Å². The van der Waals surface area contributed by atoms with E-state index in [1.165, 1.54) is 19.3 Å². The summed E-state index contributed by atoms with van der Waals surface area (Å²) in [5, 5.41) is 0. The van der Waals surface area contributed by atoms with Crippen molar-refractivity contribution in [1.29, 1.82) is 0 Å². The van der Waals surface area contributed by atoms with Gasteiger partial charge in [-0.05, 0) is 25.2 Å². The first-order valence-corrected chi connectivity index (χ1v) is 5.48. The van der Waals surface area contributed by atoms with Crippen molar-refractivity contribution < 1.29 is 4.74 Å². The Kier molecular flexibility index (Phi) is 4.46. The first kappa shape index (κ1) is 9.53. The third-order valence-electron chi connectivity index (χ3n) is 2.25. The number of hydrogen-bond acceptors (Lipinski definition) is 1. The van der Waals surface area contributed by atoms with Crippen molar-refractivity contribution in [2.24, 2.45) is 5.92 Å². The van der Waals surface area contributed by atoms with Crippen LogP contribution in [0.3, 0.4) is 0 Å². The standard InChI is InChI=1S/C9H17BrO/c1-2-6-11-7-8-4-3-5-9(8)10/h8-9H,2-7H2,1H3. The lowest BCUT2D eigenvalue weighted by atomic mass is 10.1. The van der Waals surface area contributed by atoms with Gasteiger partial charge in [0.2, 0.25) is 0 Å². The number of hydrogen-bond donors (Lipinski definition) is 0. The maximum Gasteiger partial charge on any atom is 0.0504 e. The molecule has 0 bridgehead atoms. The van der Waals surface area contributed by atoms with Crippen LogP contribution in [0.4, 0.5) is 0 Å². The smallest absolute Gasteiger partial charge is 0.0504 e. The minimum absolute atomic E-state index is 0.722. The van der Waals surface area contributed by atoms with E-state index in [1.54, 1.807) is 0 Å². The first-order chi connectivity index (χ1) is 5.34. The molecule has 66 valence electrons. The molecule has 1 saturated carbocycles. The molecule has 0 N–H and O–H groups in total. The second kappa shape index (κ2) is 5.15. The van der Waals surface area contributed by atoms with E-state index in [1.807, 2.05) is 0 Å². The third-order valence-corrected chi connectivity index (χ3v) is 3.45. The van der Waals surface area contributed by atoms with E-state index in [9.17, 15) is 0 Å². The summed E-state index contributed by atoms with van der Waals surface area (Å²) in [4.78, 5) is 0.722. The molecule has 0 aromatic heterocycles. The van der Waals surface area contributed by atoms with Crippen LogP contribution < -0.4 is 0 Å². The number of ether oxygens (including phenoxy) is 1. The van der Waals surface area contributed by atoms with Crippen LogP contribution in [0.5, 0.6) is 0 Å². The van der Waals surface area contributed by atoms with Gasteiger partial charge in [-0.25, -0.2) is 0 Å². The molecular weight excluding hydrogens is 204 g/mol. The Bertz CT molecular complexity index is 106. The number of halogens is 1. The van der Waals surface area contributed by atoms with Crippen LogP contribution in [0, 0.1) is 5.92 Å². The van der Waals surface area contributed by atoms with E-state index in [2.05, 4.69) is 22.9 Å². The monoisotopic (exact) mass is 220 g/mol. The Morgan fingerprint density at radius 1 is 1.45 bits per heavy atom. The highest BCUT2D eigenvalue weighted by molar-refractivity contribution is 9.09. The summed E-state index contributed by atoms with van der Waals surface area (Å²) in [5.74, 6) is 0.779. The minimum Gasteiger partial charge on any atom is -0.381 e. The SMILES string of the molecule is CCCOCC1CCCC1Br. The van der Waals surface area contributed by atoms with Gasteiger partial charge in [0.05, 0.1) is 6.61 Å². The largest absolute Gasteiger partial charge is 0.381 e. The average Bonchev–Trinajstić information content (AvgIpc) is 2.37. The Balaban J connectivity index is 2.05. The zero-order valence-electron chi connectivity index (χ0n) is 7.18. The van der Waals surface area contributed by atoms with E-state index < -0.39 is 0 Å². The van der Waals surface area contributed by atoms with Gasteiger partial charge in [0.15, 0.2) is 0 Å². The van der Waals surface area contributed by atoms with Crippen molar-refractivity contribution in [3.05, 3.63) is 0 Å². The van der Waals surface area contributed by atoms with Crippen LogP contribution >= 0.6 is 15.9 Å². The van der Waals surface area contributed by atoms with Crippen molar-refractivity contribution >= 4 is 15.9 Å². The fraction of sp³-hybridized carbons (Fsp3) is 1.00. The topological polar surface area (TPSA) is 9.23 Å². The van der Waals surface area contributed by atoms with Crippen molar-refractivity contribution in [3.8, 4) is 0 Å². The summed E-state index contributed by atoms with van der Waals surface area (Å²) < 4.78 is 5.51. The fourth-order valence-corrected chi connectivity index (χ4v) is 2.30. The molecule has 11 heavy (non-hydrogen) atoms. The maximum atomic E-state index is 5.51. The van der Waals surface area contributed by atoms with Crippen LogP contribution in [0.15, 0.2) is 0 Å². The Labute approximate surface area is 77.6 Å². The second-order valence-corrected chi connectivity index (χ2v) is 4.46. The minimum atomic E-state index is 0.722. The lowest BCUT2D eigenvalue weighted by molar-refractivity contribution is 0.104. The van der Waals surface area contributed by atoms with E-state index >= 15 is 0 Å². The van der Waals surface area contributed by atoms with Gasteiger partial charge in [0.1, 0.15) is 0 Å². The molecule has 0 aromatic carbocycles. The van der Waals surface area contributed by atoms with Gasteiger partial charge >= 0.3 is 0 Å². The van der Waals surface area contributed by atoms with Crippen LogP contribution in [-0.4, -0.2) is 18.0 Å². The van der Waals surface area contributed by atoms with Crippen molar-refractivity contribution in [1.82, 2.24) is 0 Å². The highest BCUT2D eigenvalue weighted by Gasteiger charge is 2.24. The predicted octanol–water partition coefficient (Wildman–Crippen LogP) is 2.98. The summed E-state index contributed by atoms with van der Waals surface area (Å²) in [6, 6.07) is 0. The first-order valence-electron chi connectivity index (χ1n) is 4.56. The molecule has 1 rings (SSSR count). The molecule has 1 fully saturated rings. The summed E-state index contributed by atoms with van der Waals surface area (Å²) >= 11 is 3.68. The Hall–Kier alpha value is 0.440. The zero-order chi connectivity index (χ0) is 8.10. The van der Waals surface area contributed by atoms with Gasteiger partial charge in [-0.15, -0.1) is 0 Å². The lowest BCUT2D eigenvalue weighted by Crippen LogP contribution is -2.14. The predicted molar refractivity (Wildman–Crippen MR) is 51.2 cm³/mol. The lowest BCUT2D eigenvalue weighted by Gasteiger charge is -2.13. The molecule has 0 aliphatic heterocycles. The summed E-state index contributed by atoms with van der Waals surface area (Å²) in [6.07, 6.45) is 5.19. The molecule has 1 aliphatic carbocycles. The molecule has 0 saturated heterocycles. The molecule has 2 heteroatoms. The number of alkyl halides is 1. The second-order valence-electron chi connectivity index (χ2n) is 3.28. The Morgan fingerprint density at radius 2 is 2.27 bits per heavy atom. The molecule has 0 radical (unpaired) electrons.